The Morgan fingerprint density at radius 3 is 2.76 bits per heavy atom. The van der Waals surface area contributed by atoms with Crippen molar-refractivity contribution in [2.75, 3.05) is 11.5 Å². The standard InChI is InChI=1S/C16H15N3OS/c17-13-9-11-5-2-1-4-10(11)8-12(13)16-18-15(19-20-16)14-6-3-7-21-14/h1-2,4-5,8-9,14H,3,6-7,17H2. The molecule has 4 rings (SSSR count). The van der Waals surface area contributed by atoms with Crippen molar-refractivity contribution in [2.45, 2.75) is 18.1 Å². The Morgan fingerprint density at radius 2 is 2.00 bits per heavy atom. The van der Waals surface area contributed by atoms with Gasteiger partial charge >= 0.3 is 0 Å². The van der Waals surface area contributed by atoms with Gasteiger partial charge in [0.25, 0.3) is 5.89 Å². The van der Waals surface area contributed by atoms with E-state index in [2.05, 4.69) is 16.2 Å². The van der Waals surface area contributed by atoms with Crippen LogP contribution in [0, 0.1) is 0 Å². The molecule has 1 aliphatic heterocycles. The van der Waals surface area contributed by atoms with Gasteiger partial charge in [-0.2, -0.15) is 16.7 Å². The molecule has 1 atom stereocenters. The first-order chi connectivity index (χ1) is 10.3. The molecular formula is C16H15N3OS. The third kappa shape index (κ3) is 2.27. The second-order valence-electron chi connectivity index (χ2n) is 5.25. The summed E-state index contributed by atoms with van der Waals surface area (Å²) >= 11 is 1.89. The van der Waals surface area contributed by atoms with Gasteiger partial charge in [0, 0.05) is 5.69 Å². The third-order valence-electron chi connectivity index (χ3n) is 3.81. The lowest BCUT2D eigenvalue weighted by Crippen LogP contribution is -1.93. The van der Waals surface area contributed by atoms with Crippen molar-refractivity contribution in [1.82, 2.24) is 10.1 Å². The molecule has 0 bridgehead atoms. The highest BCUT2D eigenvalue weighted by Crippen LogP contribution is 2.39. The molecule has 2 heterocycles. The second-order valence-corrected chi connectivity index (χ2v) is 6.56. The van der Waals surface area contributed by atoms with Crippen LogP contribution in [0.2, 0.25) is 0 Å². The highest BCUT2D eigenvalue weighted by molar-refractivity contribution is 7.99. The number of hydrogen-bond acceptors (Lipinski definition) is 5. The molecule has 3 aromatic rings. The Kier molecular flexibility index (Phi) is 3.07. The lowest BCUT2D eigenvalue weighted by molar-refractivity contribution is 0.421. The zero-order chi connectivity index (χ0) is 14.2. The van der Waals surface area contributed by atoms with Crippen molar-refractivity contribution in [3.8, 4) is 11.5 Å². The van der Waals surface area contributed by atoms with Gasteiger partial charge in [-0.1, -0.05) is 29.4 Å². The molecule has 4 nitrogen and oxygen atoms in total. The number of nitrogen functional groups attached to an aromatic ring is 1. The molecule has 1 unspecified atom stereocenters. The van der Waals surface area contributed by atoms with Crippen molar-refractivity contribution in [2.24, 2.45) is 0 Å². The van der Waals surface area contributed by atoms with Crippen LogP contribution in [0.1, 0.15) is 23.9 Å². The molecule has 0 saturated carbocycles. The fraction of sp³-hybridized carbons (Fsp3) is 0.250. The number of benzene rings is 2. The normalized spacial score (nSPS) is 18.4. The van der Waals surface area contributed by atoms with E-state index in [1.165, 1.54) is 12.2 Å². The van der Waals surface area contributed by atoms with Crippen molar-refractivity contribution in [3.63, 3.8) is 0 Å². The maximum Gasteiger partial charge on any atom is 0.260 e. The van der Waals surface area contributed by atoms with Crippen molar-refractivity contribution >= 4 is 28.2 Å². The van der Waals surface area contributed by atoms with Crippen LogP contribution in [0.5, 0.6) is 0 Å². The highest BCUT2D eigenvalue weighted by Gasteiger charge is 2.23. The number of aromatic nitrogens is 2. The van der Waals surface area contributed by atoms with Gasteiger partial charge in [-0.3, -0.25) is 0 Å². The minimum atomic E-state index is 0.365. The molecule has 106 valence electrons. The summed E-state index contributed by atoms with van der Waals surface area (Å²) in [6, 6.07) is 12.1. The van der Waals surface area contributed by atoms with Crippen molar-refractivity contribution < 1.29 is 4.52 Å². The smallest absolute Gasteiger partial charge is 0.260 e. The Bertz CT molecular complexity index is 793. The molecule has 21 heavy (non-hydrogen) atoms. The molecule has 1 aliphatic rings. The molecule has 5 heteroatoms. The van der Waals surface area contributed by atoms with Gasteiger partial charge in [0.1, 0.15) is 0 Å². The second kappa shape index (κ2) is 5.07. The van der Waals surface area contributed by atoms with E-state index in [4.69, 9.17) is 10.3 Å². The van der Waals surface area contributed by atoms with Gasteiger partial charge in [0.05, 0.1) is 10.8 Å². The van der Waals surface area contributed by atoms with E-state index in [9.17, 15) is 0 Å². The van der Waals surface area contributed by atoms with Crippen LogP contribution in [0.3, 0.4) is 0 Å². The summed E-state index contributed by atoms with van der Waals surface area (Å²) in [5.74, 6) is 2.48. The topological polar surface area (TPSA) is 64.9 Å². The number of rotatable bonds is 2. The van der Waals surface area contributed by atoms with Gasteiger partial charge in [-0.25, -0.2) is 0 Å². The van der Waals surface area contributed by atoms with Gasteiger partial charge in [0.15, 0.2) is 5.82 Å². The summed E-state index contributed by atoms with van der Waals surface area (Å²) in [6.45, 7) is 0. The number of thioether (sulfide) groups is 1. The van der Waals surface area contributed by atoms with Crippen molar-refractivity contribution in [1.29, 1.82) is 0 Å². The summed E-state index contributed by atoms with van der Waals surface area (Å²) in [7, 11) is 0. The number of hydrogen-bond donors (Lipinski definition) is 1. The number of nitrogens with two attached hydrogens (primary N) is 1. The predicted molar refractivity (Wildman–Crippen MR) is 86.1 cm³/mol. The molecule has 2 N–H and O–H groups in total. The first kappa shape index (κ1) is 12.7. The van der Waals surface area contributed by atoms with Crippen molar-refractivity contribution in [3.05, 3.63) is 42.2 Å². The molecule has 0 radical (unpaired) electrons. The molecule has 2 aromatic carbocycles. The van der Waals surface area contributed by atoms with E-state index in [0.29, 0.717) is 16.8 Å². The maximum absolute atomic E-state index is 6.15. The fourth-order valence-corrected chi connectivity index (χ4v) is 3.90. The Morgan fingerprint density at radius 1 is 1.19 bits per heavy atom. The monoisotopic (exact) mass is 297 g/mol. The summed E-state index contributed by atoms with van der Waals surface area (Å²) in [5.41, 5.74) is 7.63. The summed E-state index contributed by atoms with van der Waals surface area (Å²) < 4.78 is 5.44. The van der Waals surface area contributed by atoms with Crippen LogP contribution in [0.4, 0.5) is 5.69 Å². The fourth-order valence-electron chi connectivity index (χ4n) is 2.70. The van der Waals surface area contributed by atoms with E-state index in [-0.39, 0.29) is 0 Å². The first-order valence-electron chi connectivity index (χ1n) is 7.05. The summed E-state index contributed by atoms with van der Waals surface area (Å²) in [4.78, 5) is 4.55. The number of anilines is 1. The predicted octanol–water partition coefficient (Wildman–Crippen LogP) is 4.04. The van der Waals surface area contributed by atoms with E-state index in [1.807, 2.05) is 42.1 Å². The van der Waals surface area contributed by atoms with Crippen LogP contribution >= 0.6 is 11.8 Å². The quantitative estimate of drug-likeness (QED) is 0.723. The Labute approximate surface area is 126 Å². The van der Waals surface area contributed by atoms with Gasteiger partial charge in [0.2, 0.25) is 0 Å². The SMILES string of the molecule is Nc1cc2ccccc2cc1-c1nc(C2CCCS2)no1. The average Bonchev–Trinajstić information content (AvgIpc) is 3.17. The zero-order valence-electron chi connectivity index (χ0n) is 11.5. The van der Waals surface area contributed by atoms with Crippen LogP contribution < -0.4 is 5.73 Å². The maximum atomic E-state index is 6.15. The van der Waals surface area contributed by atoms with Crippen LogP contribution in [-0.4, -0.2) is 15.9 Å². The Balaban J connectivity index is 1.77. The molecule has 0 aliphatic carbocycles. The third-order valence-corrected chi connectivity index (χ3v) is 5.18. The first-order valence-corrected chi connectivity index (χ1v) is 8.10. The van der Waals surface area contributed by atoms with Crippen LogP contribution in [0.25, 0.3) is 22.2 Å². The molecular weight excluding hydrogens is 282 g/mol. The lowest BCUT2D eigenvalue weighted by Gasteiger charge is -2.04. The summed E-state index contributed by atoms with van der Waals surface area (Å²) in [5, 5.41) is 6.74. The number of fused-ring (bicyclic) bond motifs is 1. The molecule has 1 saturated heterocycles. The zero-order valence-corrected chi connectivity index (χ0v) is 12.3. The number of nitrogens with zero attached hydrogens (tertiary/aromatic N) is 2. The van der Waals surface area contributed by atoms with Gasteiger partial charge in [-0.15, -0.1) is 0 Å². The van der Waals surface area contributed by atoms with Gasteiger partial charge in [-0.05, 0) is 41.5 Å². The minimum absolute atomic E-state index is 0.365. The molecule has 0 spiro atoms. The summed E-state index contributed by atoms with van der Waals surface area (Å²) in [6.07, 6.45) is 2.34. The molecule has 0 amide bonds. The van der Waals surface area contributed by atoms with Crippen LogP contribution in [-0.2, 0) is 0 Å². The van der Waals surface area contributed by atoms with E-state index in [1.54, 1.807) is 0 Å². The van der Waals surface area contributed by atoms with E-state index >= 15 is 0 Å². The molecule has 1 aromatic heterocycles. The lowest BCUT2D eigenvalue weighted by atomic mass is 10.1. The molecule has 1 fully saturated rings. The minimum Gasteiger partial charge on any atom is -0.398 e. The van der Waals surface area contributed by atoms with Gasteiger partial charge < -0.3 is 10.3 Å². The average molecular weight is 297 g/mol. The van der Waals surface area contributed by atoms with Crippen LogP contribution in [0.15, 0.2) is 40.9 Å². The highest BCUT2D eigenvalue weighted by atomic mass is 32.2. The Hall–Kier alpha value is -2.01. The largest absolute Gasteiger partial charge is 0.398 e. The van der Waals surface area contributed by atoms with E-state index < -0.39 is 0 Å². The van der Waals surface area contributed by atoms with E-state index in [0.717, 1.165) is 28.6 Å².